The van der Waals surface area contributed by atoms with Gasteiger partial charge in [0.1, 0.15) is 11.6 Å². The van der Waals surface area contributed by atoms with Gasteiger partial charge in [0.05, 0.1) is 11.4 Å². The summed E-state index contributed by atoms with van der Waals surface area (Å²) in [5.74, 6) is 1.38. The van der Waals surface area contributed by atoms with Gasteiger partial charge in [0, 0.05) is 6.04 Å². The van der Waals surface area contributed by atoms with Crippen LogP contribution in [0.2, 0.25) is 0 Å². The zero-order valence-corrected chi connectivity index (χ0v) is 10.8. The Kier molecular flexibility index (Phi) is 2.82. The molecule has 0 spiro atoms. The van der Waals surface area contributed by atoms with E-state index in [-0.39, 0.29) is 5.82 Å². The maximum absolute atomic E-state index is 14.2. The summed E-state index contributed by atoms with van der Waals surface area (Å²) >= 11 is 5.86. The lowest BCUT2D eigenvalue weighted by Crippen LogP contribution is -2.03. The Morgan fingerprint density at radius 3 is 2.83 bits per heavy atom. The van der Waals surface area contributed by atoms with E-state index >= 15 is 0 Å². The Morgan fingerprint density at radius 2 is 2.17 bits per heavy atom. The summed E-state index contributed by atoms with van der Waals surface area (Å²) in [5.41, 5.74) is 1.12. The molecule has 3 rings (SSSR count). The molecule has 0 atom stereocenters. The van der Waals surface area contributed by atoms with Crippen LogP contribution in [0.15, 0.2) is 18.2 Å². The van der Waals surface area contributed by atoms with Crippen molar-refractivity contribution in [2.75, 3.05) is 0 Å². The number of halogens is 2. The monoisotopic (exact) mass is 265 g/mol. The Hall–Kier alpha value is -1.42. The first-order chi connectivity index (χ1) is 8.72. The third kappa shape index (κ3) is 1.81. The number of rotatable bonds is 3. The second-order valence-electron chi connectivity index (χ2n) is 4.61. The van der Waals surface area contributed by atoms with Crippen LogP contribution in [0.3, 0.4) is 0 Å². The van der Waals surface area contributed by atoms with E-state index in [9.17, 15) is 4.39 Å². The molecule has 0 N–H and O–H groups in total. The molecule has 1 heterocycles. The first-order valence-corrected chi connectivity index (χ1v) is 6.51. The van der Waals surface area contributed by atoms with Crippen LogP contribution < -0.4 is 0 Å². The van der Waals surface area contributed by atoms with Gasteiger partial charge >= 0.3 is 0 Å². The van der Waals surface area contributed by atoms with Crippen molar-refractivity contribution in [3.63, 3.8) is 0 Å². The molecule has 1 aliphatic carbocycles. The van der Waals surface area contributed by atoms with Crippen molar-refractivity contribution >= 4 is 11.6 Å². The van der Waals surface area contributed by atoms with E-state index in [0.29, 0.717) is 28.9 Å². The molecule has 0 bridgehead atoms. The molecule has 1 fully saturated rings. The molecular weight excluding hydrogens is 253 g/mol. The van der Waals surface area contributed by atoms with Crippen molar-refractivity contribution in [3.05, 3.63) is 35.4 Å². The minimum Gasteiger partial charge on any atom is -0.307 e. The summed E-state index contributed by atoms with van der Waals surface area (Å²) in [4.78, 5) is 0. The molecule has 1 aromatic heterocycles. The number of aromatic nitrogens is 3. The lowest BCUT2D eigenvalue weighted by atomic mass is 10.1. The molecule has 5 heteroatoms. The summed E-state index contributed by atoms with van der Waals surface area (Å²) in [6.45, 7) is 1.75. The second kappa shape index (κ2) is 4.35. The Bertz CT molecular complexity index is 590. The van der Waals surface area contributed by atoms with Gasteiger partial charge < -0.3 is 4.57 Å². The molecule has 1 aliphatic rings. The van der Waals surface area contributed by atoms with Gasteiger partial charge in [0.2, 0.25) is 0 Å². The fourth-order valence-electron chi connectivity index (χ4n) is 2.13. The average Bonchev–Trinajstić information content (AvgIpc) is 3.12. The third-order valence-electron chi connectivity index (χ3n) is 3.23. The van der Waals surface area contributed by atoms with Crippen LogP contribution in [0.25, 0.3) is 11.4 Å². The maximum atomic E-state index is 14.2. The quantitative estimate of drug-likeness (QED) is 0.796. The van der Waals surface area contributed by atoms with Gasteiger partial charge in [-0.05, 0) is 31.4 Å². The van der Waals surface area contributed by atoms with Crippen LogP contribution in [0, 0.1) is 12.7 Å². The highest BCUT2D eigenvalue weighted by Crippen LogP contribution is 2.39. The molecule has 1 saturated carbocycles. The number of alkyl halides is 1. The molecule has 0 aliphatic heterocycles. The fraction of sp³-hybridized carbons (Fsp3) is 0.385. The van der Waals surface area contributed by atoms with Crippen molar-refractivity contribution in [2.45, 2.75) is 31.7 Å². The minimum atomic E-state index is -0.229. The summed E-state index contributed by atoms with van der Waals surface area (Å²) in [6, 6.07) is 5.70. The summed E-state index contributed by atoms with van der Waals surface area (Å²) in [5, 5.41) is 8.17. The normalized spacial score (nSPS) is 15.1. The molecule has 18 heavy (non-hydrogen) atoms. The Labute approximate surface area is 110 Å². The smallest absolute Gasteiger partial charge is 0.167 e. The van der Waals surface area contributed by atoms with Gasteiger partial charge in [-0.3, -0.25) is 0 Å². The highest BCUT2D eigenvalue weighted by atomic mass is 35.5. The zero-order valence-electron chi connectivity index (χ0n) is 10.0. The SMILES string of the molecule is Cc1cccc(-c2nnc(CCl)n2C2CC2)c1F. The van der Waals surface area contributed by atoms with Crippen LogP contribution in [-0.4, -0.2) is 14.8 Å². The molecule has 0 unspecified atom stereocenters. The molecule has 0 amide bonds. The van der Waals surface area contributed by atoms with Crippen molar-refractivity contribution in [3.8, 4) is 11.4 Å². The van der Waals surface area contributed by atoms with Gasteiger partial charge in [-0.1, -0.05) is 12.1 Å². The topological polar surface area (TPSA) is 30.7 Å². The van der Waals surface area contributed by atoms with Gasteiger partial charge in [-0.15, -0.1) is 21.8 Å². The predicted octanol–water partition coefficient (Wildman–Crippen LogP) is 3.47. The third-order valence-corrected chi connectivity index (χ3v) is 3.47. The maximum Gasteiger partial charge on any atom is 0.167 e. The van der Waals surface area contributed by atoms with E-state index in [4.69, 9.17) is 11.6 Å². The zero-order chi connectivity index (χ0) is 12.7. The fourth-order valence-corrected chi connectivity index (χ4v) is 2.32. The standard InChI is InChI=1S/C13H13ClFN3/c1-8-3-2-4-10(12(8)15)13-17-16-11(7-14)18(13)9-5-6-9/h2-4,9H,5-7H2,1H3. The Morgan fingerprint density at radius 1 is 1.39 bits per heavy atom. The van der Waals surface area contributed by atoms with Crippen LogP contribution in [0.5, 0.6) is 0 Å². The van der Waals surface area contributed by atoms with Gasteiger partial charge in [0.25, 0.3) is 0 Å². The van der Waals surface area contributed by atoms with E-state index in [1.165, 1.54) is 0 Å². The number of hydrogen-bond donors (Lipinski definition) is 0. The molecule has 1 aromatic carbocycles. The van der Waals surface area contributed by atoms with Crippen molar-refractivity contribution in [1.29, 1.82) is 0 Å². The van der Waals surface area contributed by atoms with Crippen LogP contribution in [0.1, 0.15) is 30.3 Å². The number of aryl methyl sites for hydroxylation is 1. The highest BCUT2D eigenvalue weighted by Gasteiger charge is 2.30. The van der Waals surface area contributed by atoms with E-state index in [2.05, 4.69) is 10.2 Å². The first kappa shape index (κ1) is 11.7. The molecule has 2 aromatic rings. The van der Waals surface area contributed by atoms with Crippen LogP contribution >= 0.6 is 11.6 Å². The first-order valence-electron chi connectivity index (χ1n) is 5.97. The number of nitrogens with zero attached hydrogens (tertiary/aromatic N) is 3. The van der Waals surface area contributed by atoms with Crippen LogP contribution in [-0.2, 0) is 5.88 Å². The second-order valence-corrected chi connectivity index (χ2v) is 4.88. The number of benzene rings is 1. The predicted molar refractivity (Wildman–Crippen MR) is 68.0 cm³/mol. The molecule has 3 nitrogen and oxygen atoms in total. The van der Waals surface area contributed by atoms with E-state index in [1.54, 1.807) is 19.1 Å². The molecular formula is C13H13ClFN3. The van der Waals surface area contributed by atoms with Crippen LogP contribution in [0.4, 0.5) is 4.39 Å². The van der Waals surface area contributed by atoms with E-state index in [1.807, 2.05) is 10.6 Å². The summed E-state index contributed by atoms with van der Waals surface area (Å²) in [7, 11) is 0. The number of hydrogen-bond acceptors (Lipinski definition) is 2. The lowest BCUT2D eigenvalue weighted by Gasteiger charge is -2.09. The lowest BCUT2D eigenvalue weighted by molar-refractivity contribution is 0.617. The molecule has 0 radical (unpaired) electrons. The van der Waals surface area contributed by atoms with Gasteiger partial charge in [-0.2, -0.15) is 0 Å². The van der Waals surface area contributed by atoms with E-state index < -0.39 is 0 Å². The Balaban J connectivity index is 2.17. The largest absolute Gasteiger partial charge is 0.307 e. The van der Waals surface area contributed by atoms with Crippen molar-refractivity contribution in [2.24, 2.45) is 0 Å². The minimum absolute atomic E-state index is 0.229. The van der Waals surface area contributed by atoms with Gasteiger partial charge in [0.15, 0.2) is 5.82 Å². The summed E-state index contributed by atoms with van der Waals surface area (Å²) in [6.07, 6.45) is 2.17. The summed E-state index contributed by atoms with van der Waals surface area (Å²) < 4.78 is 16.1. The molecule has 0 saturated heterocycles. The van der Waals surface area contributed by atoms with Gasteiger partial charge in [-0.25, -0.2) is 4.39 Å². The molecule has 94 valence electrons. The van der Waals surface area contributed by atoms with Crippen molar-refractivity contribution in [1.82, 2.24) is 14.8 Å². The van der Waals surface area contributed by atoms with E-state index in [0.717, 1.165) is 18.7 Å². The average molecular weight is 266 g/mol. The van der Waals surface area contributed by atoms with Crippen molar-refractivity contribution < 1.29 is 4.39 Å². The highest BCUT2D eigenvalue weighted by molar-refractivity contribution is 6.16.